The molecule has 0 saturated heterocycles. The molecule has 0 bridgehead atoms. The fourth-order valence-corrected chi connectivity index (χ4v) is 2.36. The lowest BCUT2D eigenvalue weighted by atomic mass is 9.81. The molecule has 0 aliphatic heterocycles. The third-order valence-electron chi connectivity index (χ3n) is 3.73. The number of rotatable bonds is 8. The average molecular weight is 241 g/mol. The molecule has 0 aromatic heterocycles. The van der Waals surface area contributed by atoms with E-state index in [9.17, 15) is 0 Å². The van der Waals surface area contributed by atoms with Gasteiger partial charge in [0.15, 0.2) is 0 Å². The first-order chi connectivity index (χ1) is 7.87. The summed E-state index contributed by atoms with van der Waals surface area (Å²) < 4.78 is 5.88. The van der Waals surface area contributed by atoms with Gasteiger partial charge < -0.3 is 10.1 Å². The van der Waals surface area contributed by atoms with Gasteiger partial charge in [0.2, 0.25) is 0 Å². The molecule has 0 aromatic rings. The zero-order chi connectivity index (χ0) is 12.9. The van der Waals surface area contributed by atoms with Crippen LogP contribution in [0.5, 0.6) is 0 Å². The Bertz CT molecular complexity index is 217. The Hall–Kier alpha value is -0.0800. The predicted octanol–water partition coefficient (Wildman–Crippen LogP) is 3.61. The Morgan fingerprint density at radius 3 is 2.29 bits per heavy atom. The molecule has 1 rings (SSSR count). The molecule has 0 aromatic carbocycles. The second-order valence-electron chi connectivity index (χ2n) is 6.82. The van der Waals surface area contributed by atoms with Crippen LogP contribution in [0.15, 0.2) is 0 Å². The van der Waals surface area contributed by atoms with E-state index in [4.69, 9.17) is 4.74 Å². The van der Waals surface area contributed by atoms with Gasteiger partial charge in [0.05, 0.1) is 5.60 Å². The van der Waals surface area contributed by atoms with Gasteiger partial charge in [0.1, 0.15) is 0 Å². The Morgan fingerprint density at radius 1 is 1.18 bits per heavy atom. The summed E-state index contributed by atoms with van der Waals surface area (Å²) >= 11 is 0. The first-order valence-corrected chi connectivity index (χ1v) is 7.22. The fourth-order valence-electron chi connectivity index (χ4n) is 2.36. The lowest BCUT2D eigenvalue weighted by Crippen LogP contribution is -2.36. The monoisotopic (exact) mass is 241 g/mol. The van der Waals surface area contributed by atoms with Gasteiger partial charge in [-0.15, -0.1) is 0 Å². The lowest BCUT2D eigenvalue weighted by molar-refractivity contribution is -0.0195. The minimum atomic E-state index is 0.00130. The maximum Gasteiger partial charge on any atom is 0.0598 e. The van der Waals surface area contributed by atoms with Gasteiger partial charge in [-0.05, 0) is 64.3 Å². The van der Waals surface area contributed by atoms with Gasteiger partial charge in [-0.1, -0.05) is 13.8 Å². The van der Waals surface area contributed by atoms with E-state index >= 15 is 0 Å². The average Bonchev–Trinajstić information content (AvgIpc) is 2.99. The summed E-state index contributed by atoms with van der Waals surface area (Å²) in [6.07, 6.45) is 5.24. The van der Waals surface area contributed by atoms with Crippen LogP contribution in [0.3, 0.4) is 0 Å². The van der Waals surface area contributed by atoms with Gasteiger partial charge in [-0.2, -0.15) is 0 Å². The highest BCUT2D eigenvalue weighted by molar-refractivity contribution is 4.92. The molecule has 1 aliphatic carbocycles. The molecular weight excluding hydrogens is 210 g/mol. The third kappa shape index (κ3) is 5.87. The molecule has 102 valence electrons. The van der Waals surface area contributed by atoms with Crippen LogP contribution in [0.25, 0.3) is 0 Å². The third-order valence-corrected chi connectivity index (χ3v) is 3.73. The standard InChI is InChI=1S/C15H31NO/c1-6-10-16-12-15(5,13-7-8-13)9-11-17-14(2,3)4/h13,16H,6-12H2,1-5H3. The number of ether oxygens (including phenoxy) is 1. The van der Waals surface area contributed by atoms with Crippen molar-refractivity contribution < 1.29 is 4.74 Å². The highest BCUT2D eigenvalue weighted by atomic mass is 16.5. The molecule has 1 saturated carbocycles. The van der Waals surface area contributed by atoms with Crippen LogP contribution < -0.4 is 5.32 Å². The van der Waals surface area contributed by atoms with E-state index in [0.717, 1.165) is 25.6 Å². The molecule has 1 fully saturated rings. The topological polar surface area (TPSA) is 21.3 Å². The molecule has 0 heterocycles. The van der Waals surface area contributed by atoms with E-state index < -0.39 is 0 Å². The molecule has 0 radical (unpaired) electrons. The largest absolute Gasteiger partial charge is 0.376 e. The summed E-state index contributed by atoms with van der Waals surface area (Å²) in [5.41, 5.74) is 0.446. The van der Waals surface area contributed by atoms with Crippen molar-refractivity contribution in [2.24, 2.45) is 11.3 Å². The summed E-state index contributed by atoms with van der Waals surface area (Å²) in [6, 6.07) is 0. The molecule has 0 spiro atoms. The van der Waals surface area contributed by atoms with Crippen molar-refractivity contribution in [1.82, 2.24) is 5.32 Å². The second kappa shape index (κ2) is 6.19. The van der Waals surface area contributed by atoms with E-state index in [-0.39, 0.29) is 5.60 Å². The van der Waals surface area contributed by atoms with E-state index in [1.54, 1.807) is 0 Å². The number of nitrogens with one attached hydrogen (secondary N) is 1. The quantitative estimate of drug-likeness (QED) is 0.656. The summed E-state index contributed by atoms with van der Waals surface area (Å²) in [5.74, 6) is 0.926. The Kier molecular flexibility index (Phi) is 5.46. The molecule has 1 unspecified atom stereocenters. The van der Waals surface area contributed by atoms with Crippen LogP contribution in [0, 0.1) is 11.3 Å². The normalized spacial score (nSPS) is 20.3. The zero-order valence-electron chi connectivity index (χ0n) is 12.4. The van der Waals surface area contributed by atoms with E-state index in [2.05, 4.69) is 39.9 Å². The van der Waals surface area contributed by atoms with Gasteiger partial charge in [0, 0.05) is 13.2 Å². The molecule has 17 heavy (non-hydrogen) atoms. The van der Waals surface area contributed by atoms with Crippen molar-refractivity contribution in [3.63, 3.8) is 0 Å². The van der Waals surface area contributed by atoms with Crippen molar-refractivity contribution in [3.05, 3.63) is 0 Å². The maximum absolute atomic E-state index is 5.88. The van der Waals surface area contributed by atoms with Crippen molar-refractivity contribution in [2.45, 2.75) is 65.9 Å². The SMILES string of the molecule is CCCNCC(C)(CCOC(C)(C)C)C1CC1. The first-order valence-electron chi connectivity index (χ1n) is 7.22. The second-order valence-corrected chi connectivity index (χ2v) is 6.82. The van der Waals surface area contributed by atoms with Crippen LogP contribution in [0.2, 0.25) is 0 Å². The minimum absolute atomic E-state index is 0.00130. The Morgan fingerprint density at radius 2 is 1.82 bits per heavy atom. The highest BCUT2D eigenvalue weighted by Crippen LogP contribution is 2.47. The smallest absolute Gasteiger partial charge is 0.0598 e. The Balaban J connectivity index is 2.31. The molecule has 2 nitrogen and oxygen atoms in total. The van der Waals surface area contributed by atoms with E-state index in [1.165, 1.54) is 25.7 Å². The molecule has 1 N–H and O–H groups in total. The van der Waals surface area contributed by atoms with Crippen LogP contribution >= 0.6 is 0 Å². The molecule has 2 heteroatoms. The summed E-state index contributed by atoms with van der Waals surface area (Å²) in [7, 11) is 0. The number of hydrogen-bond donors (Lipinski definition) is 1. The summed E-state index contributed by atoms with van der Waals surface area (Å²) in [4.78, 5) is 0. The van der Waals surface area contributed by atoms with Crippen molar-refractivity contribution in [2.75, 3.05) is 19.7 Å². The van der Waals surface area contributed by atoms with Crippen molar-refractivity contribution in [3.8, 4) is 0 Å². The fraction of sp³-hybridized carbons (Fsp3) is 1.00. The van der Waals surface area contributed by atoms with Crippen LogP contribution in [-0.2, 0) is 4.74 Å². The van der Waals surface area contributed by atoms with Gasteiger partial charge in [-0.3, -0.25) is 0 Å². The van der Waals surface area contributed by atoms with Gasteiger partial charge in [-0.25, -0.2) is 0 Å². The van der Waals surface area contributed by atoms with E-state index in [0.29, 0.717) is 5.41 Å². The zero-order valence-corrected chi connectivity index (χ0v) is 12.4. The number of hydrogen-bond acceptors (Lipinski definition) is 2. The minimum Gasteiger partial charge on any atom is -0.376 e. The highest BCUT2D eigenvalue weighted by Gasteiger charge is 2.40. The molecule has 1 atom stereocenters. The first kappa shape index (κ1) is 15.0. The summed E-state index contributed by atoms with van der Waals surface area (Å²) in [6.45, 7) is 14.2. The molecule has 0 amide bonds. The van der Waals surface area contributed by atoms with Crippen LogP contribution in [-0.4, -0.2) is 25.3 Å². The van der Waals surface area contributed by atoms with Crippen LogP contribution in [0.1, 0.15) is 60.3 Å². The Labute approximate surface area is 108 Å². The maximum atomic E-state index is 5.88. The molecular formula is C15H31NO. The van der Waals surface area contributed by atoms with Crippen LogP contribution in [0.4, 0.5) is 0 Å². The van der Waals surface area contributed by atoms with Gasteiger partial charge >= 0.3 is 0 Å². The van der Waals surface area contributed by atoms with Crippen molar-refractivity contribution >= 4 is 0 Å². The lowest BCUT2D eigenvalue weighted by Gasteiger charge is -2.31. The van der Waals surface area contributed by atoms with Gasteiger partial charge in [0.25, 0.3) is 0 Å². The van der Waals surface area contributed by atoms with Crippen molar-refractivity contribution in [1.29, 1.82) is 0 Å². The summed E-state index contributed by atoms with van der Waals surface area (Å²) in [5, 5.41) is 3.59. The van der Waals surface area contributed by atoms with E-state index in [1.807, 2.05) is 0 Å². The predicted molar refractivity (Wildman–Crippen MR) is 74.3 cm³/mol. The molecule has 1 aliphatic rings.